The molecule has 0 heterocycles. The number of ether oxygens (including phenoxy) is 2. The van der Waals surface area contributed by atoms with Gasteiger partial charge in [0.05, 0.1) is 13.2 Å². The van der Waals surface area contributed by atoms with E-state index in [1.807, 2.05) is 13.8 Å². The van der Waals surface area contributed by atoms with Gasteiger partial charge >= 0.3 is 11.9 Å². The van der Waals surface area contributed by atoms with Gasteiger partial charge in [-0.05, 0) is 38.5 Å². The smallest absolute Gasteiger partial charge is 0.323 e. The molecule has 4 nitrogen and oxygen atoms in total. The van der Waals surface area contributed by atoms with Crippen LogP contribution in [0, 0.1) is 17.3 Å². The maximum atomic E-state index is 12.5. The molecule has 1 unspecified atom stereocenters. The summed E-state index contributed by atoms with van der Waals surface area (Å²) in [6, 6.07) is 0. The third kappa shape index (κ3) is 6.06. The first-order valence-corrected chi connectivity index (χ1v) is 8.18. The Kier molecular flexibility index (Phi) is 9.31. The molecule has 124 valence electrons. The Morgan fingerprint density at radius 2 is 1.38 bits per heavy atom. The molecule has 0 aliphatic heterocycles. The minimum atomic E-state index is -1.16. The molecule has 0 aliphatic carbocycles. The van der Waals surface area contributed by atoms with Gasteiger partial charge in [0.25, 0.3) is 0 Å². The van der Waals surface area contributed by atoms with E-state index in [0.717, 1.165) is 12.8 Å². The summed E-state index contributed by atoms with van der Waals surface area (Å²) in [5.74, 6) is -0.365. The molecule has 0 saturated heterocycles. The molecule has 0 radical (unpaired) electrons. The van der Waals surface area contributed by atoms with Crippen LogP contribution in [0.15, 0.2) is 0 Å². The van der Waals surface area contributed by atoms with Crippen LogP contribution in [0.4, 0.5) is 0 Å². The van der Waals surface area contributed by atoms with Crippen molar-refractivity contribution in [2.75, 3.05) is 13.2 Å². The highest BCUT2D eigenvalue weighted by Crippen LogP contribution is 2.38. The number of rotatable bonds is 10. The third-order valence-corrected chi connectivity index (χ3v) is 3.57. The lowest BCUT2D eigenvalue weighted by Gasteiger charge is -2.32. The summed E-state index contributed by atoms with van der Waals surface area (Å²) in [5, 5.41) is 0. The molecule has 0 aliphatic rings. The van der Waals surface area contributed by atoms with Gasteiger partial charge in [0.2, 0.25) is 0 Å². The summed E-state index contributed by atoms with van der Waals surface area (Å²) in [6.45, 7) is 12.3. The van der Waals surface area contributed by atoms with E-state index >= 15 is 0 Å². The molecule has 0 amide bonds. The topological polar surface area (TPSA) is 52.6 Å². The van der Waals surface area contributed by atoms with Gasteiger partial charge in [0.15, 0.2) is 5.41 Å². The van der Waals surface area contributed by atoms with Gasteiger partial charge in [-0.3, -0.25) is 9.59 Å². The van der Waals surface area contributed by atoms with Crippen LogP contribution in [0.3, 0.4) is 0 Å². The quantitative estimate of drug-likeness (QED) is 0.452. The minimum Gasteiger partial charge on any atom is -0.465 e. The maximum absolute atomic E-state index is 12.5. The number of esters is 2. The Morgan fingerprint density at radius 3 is 1.71 bits per heavy atom. The first kappa shape index (κ1) is 19.9. The Bertz CT molecular complexity index is 305. The highest BCUT2D eigenvalue weighted by Gasteiger charge is 2.49. The largest absolute Gasteiger partial charge is 0.465 e. The van der Waals surface area contributed by atoms with Crippen LogP contribution >= 0.6 is 0 Å². The number of hydrogen-bond donors (Lipinski definition) is 0. The molecular weight excluding hydrogens is 268 g/mol. The summed E-state index contributed by atoms with van der Waals surface area (Å²) in [6.07, 6.45) is 2.98. The van der Waals surface area contributed by atoms with E-state index in [2.05, 4.69) is 13.8 Å². The van der Waals surface area contributed by atoms with E-state index in [1.54, 1.807) is 13.8 Å². The Hall–Kier alpha value is -1.06. The summed E-state index contributed by atoms with van der Waals surface area (Å²) >= 11 is 0. The van der Waals surface area contributed by atoms with Crippen LogP contribution in [0.5, 0.6) is 0 Å². The van der Waals surface area contributed by atoms with Crippen LogP contribution in [0.1, 0.15) is 67.2 Å². The second-order valence-electron chi connectivity index (χ2n) is 6.22. The molecule has 0 spiro atoms. The highest BCUT2D eigenvalue weighted by molar-refractivity contribution is 6.00. The summed E-state index contributed by atoms with van der Waals surface area (Å²) in [5.41, 5.74) is -1.16. The first-order valence-electron chi connectivity index (χ1n) is 8.18. The van der Waals surface area contributed by atoms with Gasteiger partial charge in [0, 0.05) is 0 Å². The van der Waals surface area contributed by atoms with Gasteiger partial charge in [-0.2, -0.15) is 0 Å². The predicted octanol–water partition coefficient (Wildman–Crippen LogP) is 3.97. The molecule has 1 atom stereocenters. The fourth-order valence-corrected chi connectivity index (χ4v) is 2.93. The van der Waals surface area contributed by atoms with E-state index in [9.17, 15) is 9.59 Å². The minimum absolute atomic E-state index is 0.215. The van der Waals surface area contributed by atoms with E-state index in [1.165, 1.54) is 0 Å². The average Bonchev–Trinajstić information content (AvgIpc) is 2.38. The molecule has 0 N–H and O–H groups in total. The van der Waals surface area contributed by atoms with Gasteiger partial charge < -0.3 is 9.47 Å². The molecule has 0 rings (SSSR count). The molecule has 0 aromatic rings. The van der Waals surface area contributed by atoms with Gasteiger partial charge in [0.1, 0.15) is 0 Å². The number of hydrogen-bond acceptors (Lipinski definition) is 4. The maximum Gasteiger partial charge on any atom is 0.323 e. The molecule has 0 aromatic heterocycles. The molecule has 4 heteroatoms. The summed E-state index contributed by atoms with van der Waals surface area (Å²) in [7, 11) is 0. The van der Waals surface area contributed by atoms with E-state index in [4.69, 9.17) is 9.47 Å². The van der Waals surface area contributed by atoms with Crippen molar-refractivity contribution in [2.45, 2.75) is 67.2 Å². The van der Waals surface area contributed by atoms with Crippen LogP contribution in [-0.4, -0.2) is 25.2 Å². The highest BCUT2D eigenvalue weighted by atomic mass is 16.6. The second kappa shape index (κ2) is 9.80. The van der Waals surface area contributed by atoms with E-state index in [0.29, 0.717) is 12.8 Å². The third-order valence-electron chi connectivity index (χ3n) is 3.57. The molecule has 21 heavy (non-hydrogen) atoms. The standard InChI is InChI=1S/C17H32O4/c1-7-10-14(6)12-17(11-13(4)5,15(18)20-8-2)16(19)21-9-3/h13-14H,7-12H2,1-6H3. The summed E-state index contributed by atoms with van der Waals surface area (Å²) in [4.78, 5) is 25.1. The van der Waals surface area contributed by atoms with Crippen LogP contribution in [0.2, 0.25) is 0 Å². The normalized spacial score (nSPS) is 13.1. The zero-order valence-corrected chi connectivity index (χ0v) is 14.5. The van der Waals surface area contributed by atoms with Gasteiger partial charge in [-0.25, -0.2) is 0 Å². The Balaban J connectivity index is 5.48. The Labute approximate surface area is 129 Å². The SMILES string of the molecule is CCCC(C)CC(CC(C)C)(C(=O)OCC)C(=O)OCC. The monoisotopic (exact) mass is 300 g/mol. The lowest BCUT2D eigenvalue weighted by molar-refractivity contribution is -0.175. The van der Waals surface area contributed by atoms with Crippen molar-refractivity contribution < 1.29 is 19.1 Å². The van der Waals surface area contributed by atoms with Crippen molar-refractivity contribution in [1.29, 1.82) is 0 Å². The zero-order valence-electron chi connectivity index (χ0n) is 14.5. The molecular formula is C17H32O4. The fraction of sp³-hybridized carbons (Fsp3) is 0.882. The van der Waals surface area contributed by atoms with Crippen LogP contribution < -0.4 is 0 Å². The first-order chi connectivity index (χ1) is 9.83. The van der Waals surface area contributed by atoms with Crippen molar-refractivity contribution >= 4 is 11.9 Å². The van der Waals surface area contributed by atoms with Crippen molar-refractivity contribution in [3.05, 3.63) is 0 Å². The summed E-state index contributed by atoms with van der Waals surface area (Å²) < 4.78 is 10.4. The van der Waals surface area contributed by atoms with Crippen LogP contribution in [-0.2, 0) is 19.1 Å². The lowest BCUT2D eigenvalue weighted by Crippen LogP contribution is -2.44. The van der Waals surface area contributed by atoms with Crippen molar-refractivity contribution in [3.8, 4) is 0 Å². The van der Waals surface area contributed by atoms with Gasteiger partial charge in [-0.15, -0.1) is 0 Å². The van der Waals surface area contributed by atoms with Crippen molar-refractivity contribution in [2.24, 2.45) is 17.3 Å². The second-order valence-corrected chi connectivity index (χ2v) is 6.22. The van der Waals surface area contributed by atoms with Crippen molar-refractivity contribution in [1.82, 2.24) is 0 Å². The average molecular weight is 300 g/mol. The number of carbonyl (C=O) groups excluding carboxylic acids is 2. The lowest BCUT2D eigenvalue weighted by atomic mass is 9.73. The zero-order chi connectivity index (χ0) is 16.5. The predicted molar refractivity (Wildman–Crippen MR) is 83.8 cm³/mol. The van der Waals surface area contributed by atoms with Crippen LogP contribution in [0.25, 0.3) is 0 Å². The molecule has 0 saturated carbocycles. The van der Waals surface area contributed by atoms with E-state index < -0.39 is 17.4 Å². The number of carbonyl (C=O) groups is 2. The Morgan fingerprint density at radius 1 is 0.905 bits per heavy atom. The van der Waals surface area contributed by atoms with Gasteiger partial charge in [-0.1, -0.05) is 40.5 Å². The van der Waals surface area contributed by atoms with E-state index in [-0.39, 0.29) is 25.0 Å². The van der Waals surface area contributed by atoms with Crippen molar-refractivity contribution in [3.63, 3.8) is 0 Å². The molecule has 0 bridgehead atoms. The molecule has 0 aromatic carbocycles. The molecule has 0 fully saturated rings. The fourth-order valence-electron chi connectivity index (χ4n) is 2.93.